The highest BCUT2D eigenvalue weighted by Gasteiger charge is 2.05. The van der Waals surface area contributed by atoms with Crippen molar-refractivity contribution in [1.29, 1.82) is 0 Å². The Morgan fingerprint density at radius 2 is 1.91 bits per heavy atom. The van der Waals surface area contributed by atoms with Gasteiger partial charge in [0, 0.05) is 40.6 Å². The molecule has 0 amide bonds. The molecule has 112 valence electrons. The smallest absolute Gasteiger partial charge is 0.210 e. The van der Waals surface area contributed by atoms with E-state index in [0.29, 0.717) is 11.0 Å². The monoisotopic (exact) mass is 319 g/mol. The first-order valence-corrected chi connectivity index (χ1v) is 7.96. The van der Waals surface area contributed by atoms with Crippen LogP contribution in [-0.2, 0) is 0 Å². The van der Waals surface area contributed by atoms with Gasteiger partial charge >= 0.3 is 0 Å². The van der Waals surface area contributed by atoms with Crippen molar-refractivity contribution in [2.45, 2.75) is 0 Å². The van der Waals surface area contributed by atoms with Crippen LogP contribution >= 0.6 is 11.3 Å². The molecule has 0 fully saturated rings. The minimum atomic E-state index is 0.460. The number of nitrogens with zero attached hydrogens (tertiary/aromatic N) is 4. The zero-order valence-corrected chi connectivity index (χ0v) is 12.9. The van der Waals surface area contributed by atoms with Crippen LogP contribution in [0.15, 0.2) is 71.4 Å². The SMILES string of the molecule is NC(=Nc1nccs1)c1ccc(-n2ccc3cccnc32)cc1. The second-order valence-electron chi connectivity index (χ2n) is 4.96. The topological polar surface area (TPSA) is 69.1 Å². The molecule has 0 radical (unpaired) electrons. The zero-order chi connectivity index (χ0) is 15.6. The number of amidine groups is 1. The minimum Gasteiger partial charge on any atom is -0.383 e. The molecule has 0 aliphatic heterocycles. The average Bonchev–Trinajstić information content (AvgIpc) is 3.24. The third-order valence-electron chi connectivity index (χ3n) is 3.52. The standard InChI is InChI=1S/C17H13N5S/c18-15(21-17-20-9-11-23-17)12-3-5-14(6-4-12)22-10-7-13-2-1-8-19-16(13)22/h1-11H,(H2,18,20,21). The van der Waals surface area contributed by atoms with Crippen molar-refractivity contribution in [3.63, 3.8) is 0 Å². The van der Waals surface area contributed by atoms with E-state index < -0.39 is 0 Å². The Morgan fingerprint density at radius 1 is 1.04 bits per heavy atom. The van der Waals surface area contributed by atoms with Crippen molar-refractivity contribution >= 4 is 33.3 Å². The Hall–Kier alpha value is -2.99. The number of thiazole rings is 1. The first kappa shape index (κ1) is 13.7. The highest BCUT2D eigenvalue weighted by molar-refractivity contribution is 7.13. The molecule has 4 rings (SSSR count). The summed E-state index contributed by atoms with van der Waals surface area (Å²) in [5, 5.41) is 3.65. The van der Waals surface area contributed by atoms with Crippen LogP contribution in [0.25, 0.3) is 16.7 Å². The van der Waals surface area contributed by atoms with Gasteiger partial charge in [-0.2, -0.15) is 0 Å². The molecule has 4 aromatic rings. The summed E-state index contributed by atoms with van der Waals surface area (Å²) in [6.07, 6.45) is 5.52. The number of benzene rings is 1. The molecule has 0 bridgehead atoms. The van der Waals surface area contributed by atoms with Gasteiger partial charge in [-0.05, 0) is 42.5 Å². The highest BCUT2D eigenvalue weighted by Crippen LogP contribution is 2.19. The summed E-state index contributed by atoms with van der Waals surface area (Å²) in [5.41, 5.74) is 8.88. The predicted octanol–water partition coefficient (Wildman–Crippen LogP) is 3.52. The molecule has 0 unspecified atom stereocenters. The van der Waals surface area contributed by atoms with Crippen LogP contribution in [0.5, 0.6) is 0 Å². The molecule has 0 atom stereocenters. The van der Waals surface area contributed by atoms with E-state index in [1.165, 1.54) is 11.3 Å². The van der Waals surface area contributed by atoms with E-state index in [1.807, 2.05) is 52.5 Å². The Labute approximate surface area is 136 Å². The Kier molecular flexibility index (Phi) is 3.36. The molecule has 5 nitrogen and oxygen atoms in total. The summed E-state index contributed by atoms with van der Waals surface area (Å²) in [7, 11) is 0. The van der Waals surface area contributed by atoms with Crippen molar-refractivity contribution in [2.24, 2.45) is 10.7 Å². The number of nitrogens with two attached hydrogens (primary N) is 1. The van der Waals surface area contributed by atoms with Crippen molar-refractivity contribution in [3.05, 3.63) is 72.0 Å². The lowest BCUT2D eigenvalue weighted by Gasteiger charge is -2.06. The number of hydrogen-bond acceptors (Lipinski definition) is 4. The van der Waals surface area contributed by atoms with Gasteiger partial charge in [-0.3, -0.25) is 0 Å². The molecule has 0 saturated heterocycles. The maximum atomic E-state index is 6.04. The molecule has 0 saturated carbocycles. The second kappa shape index (κ2) is 5.66. The lowest BCUT2D eigenvalue weighted by molar-refractivity contribution is 1.09. The van der Waals surface area contributed by atoms with Crippen LogP contribution in [0.1, 0.15) is 5.56 Å². The molecule has 0 aliphatic carbocycles. The maximum absolute atomic E-state index is 6.04. The van der Waals surface area contributed by atoms with E-state index in [1.54, 1.807) is 12.4 Å². The van der Waals surface area contributed by atoms with Crippen LogP contribution in [0.2, 0.25) is 0 Å². The Morgan fingerprint density at radius 3 is 2.70 bits per heavy atom. The Bertz CT molecular complexity index is 968. The summed E-state index contributed by atoms with van der Waals surface area (Å²) < 4.78 is 2.05. The fourth-order valence-corrected chi connectivity index (χ4v) is 2.92. The van der Waals surface area contributed by atoms with Gasteiger partial charge in [-0.1, -0.05) is 0 Å². The largest absolute Gasteiger partial charge is 0.383 e. The zero-order valence-electron chi connectivity index (χ0n) is 12.1. The molecule has 0 spiro atoms. The van der Waals surface area contributed by atoms with Gasteiger partial charge in [0.1, 0.15) is 11.5 Å². The maximum Gasteiger partial charge on any atom is 0.210 e. The van der Waals surface area contributed by atoms with Crippen LogP contribution < -0.4 is 5.73 Å². The van der Waals surface area contributed by atoms with Gasteiger partial charge in [-0.25, -0.2) is 15.0 Å². The molecular formula is C17H13N5S. The summed E-state index contributed by atoms with van der Waals surface area (Å²) >= 11 is 1.46. The van der Waals surface area contributed by atoms with Crippen molar-refractivity contribution < 1.29 is 0 Å². The molecule has 3 aromatic heterocycles. The molecular weight excluding hydrogens is 306 g/mol. The third kappa shape index (κ3) is 2.60. The van der Waals surface area contributed by atoms with E-state index in [4.69, 9.17) is 5.73 Å². The van der Waals surface area contributed by atoms with Crippen molar-refractivity contribution in [1.82, 2.24) is 14.5 Å². The first-order valence-electron chi connectivity index (χ1n) is 7.08. The molecule has 6 heteroatoms. The number of rotatable bonds is 3. The molecule has 3 heterocycles. The summed E-state index contributed by atoms with van der Waals surface area (Å²) in [4.78, 5) is 12.9. The molecule has 2 N–H and O–H groups in total. The van der Waals surface area contributed by atoms with Gasteiger partial charge in [0.2, 0.25) is 5.13 Å². The van der Waals surface area contributed by atoms with E-state index in [-0.39, 0.29) is 0 Å². The molecule has 0 aliphatic rings. The van der Waals surface area contributed by atoms with Crippen LogP contribution in [0, 0.1) is 0 Å². The summed E-state index contributed by atoms with van der Waals surface area (Å²) in [6, 6.07) is 14.0. The number of fused-ring (bicyclic) bond motifs is 1. The van der Waals surface area contributed by atoms with E-state index in [2.05, 4.69) is 21.0 Å². The quantitative estimate of drug-likeness (QED) is 0.464. The minimum absolute atomic E-state index is 0.460. The lowest BCUT2D eigenvalue weighted by atomic mass is 10.2. The van der Waals surface area contributed by atoms with E-state index in [0.717, 1.165) is 22.3 Å². The van der Waals surface area contributed by atoms with Crippen LogP contribution in [0.4, 0.5) is 5.13 Å². The highest BCUT2D eigenvalue weighted by atomic mass is 32.1. The Balaban J connectivity index is 1.68. The first-order chi connectivity index (χ1) is 11.3. The second-order valence-corrected chi connectivity index (χ2v) is 5.83. The molecule has 1 aromatic carbocycles. The van der Waals surface area contributed by atoms with E-state index >= 15 is 0 Å². The summed E-state index contributed by atoms with van der Waals surface area (Å²) in [6.45, 7) is 0. The van der Waals surface area contributed by atoms with Crippen LogP contribution in [0.3, 0.4) is 0 Å². The van der Waals surface area contributed by atoms with Crippen LogP contribution in [-0.4, -0.2) is 20.4 Å². The average molecular weight is 319 g/mol. The van der Waals surface area contributed by atoms with E-state index in [9.17, 15) is 0 Å². The van der Waals surface area contributed by atoms with Gasteiger partial charge in [0.15, 0.2) is 0 Å². The number of aromatic nitrogens is 3. The van der Waals surface area contributed by atoms with Gasteiger partial charge in [0.25, 0.3) is 0 Å². The normalized spacial score (nSPS) is 11.9. The summed E-state index contributed by atoms with van der Waals surface area (Å²) in [5.74, 6) is 0.460. The van der Waals surface area contributed by atoms with Gasteiger partial charge < -0.3 is 10.3 Å². The number of pyridine rings is 1. The van der Waals surface area contributed by atoms with Crippen molar-refractivity contribution in [2.75, 3.05) is 0 Å². The number of aliphatic imine (C=N–C) groups is 1. The van der Waals surface area contributed by atoms with Gasteiger partial charge in [0.05, 0.1) is 0 Å². The predicted molar refractivity (Wildman–Crippen MR) is 93.6 cm³/mol. The third-order valence-corrected chi connectivity index (χ3v) is 4.19. The number of hydrogen-bond donors (Lipinski definition) is 1. The lowest BCUT2D eigenvalue weighted by Crippen LogP contribution is -2.12. The van der Waals surface area contributed by atoms with Crippen molar-refractivity contribution in [3.8, 4) is 5.69 Å². The fraction of sp³-hybridized carbons (Fsp3) is 0. The fourth-order valence-electron chi connectivity index (χ4n) is 2.41. The van der Waals surface area contributed by atoms with Gasteiger partial charge in [-0.15, -0.1) is 11.3 Å². The molecule has 23 heavy (non-hydrogen) atoms.